The van der Waals surface area contributed by atoms with Crippen LogP contribution in [0.4, 0.5) is 5.69 Å². The van der Waals surface area contributed by atoms with Crippen molar-refractivity contribution in [1.29, 1.82) is 0 Å². The average Bonchev–Trinajstić information content (AvgIpc) is 2.95. The maximum absolute atomic E-state index is 12.2. The smallest absolute Gasteiger partial charge is 0.264 e. The number of thioether (sulfide) groups is 1. The van der Waals surface area contributed by atoms with Crippen LogP contribution in [0.5, 0.6) is 0 Å². The number of fused-ring (bicyclic) bond motifs is 1. The van der Waals surface area contributed by atoms with Crippen LogP contribution in [-0.4, -0.2) is 26.0 Å². The van der Waals surface area contributed by atoms with Crippen LogP contribution in [0.2, 0.25) is 0 Å². The van der Waals surface area contributed by atoms with Gasteiger partial charge in [0.1, 0.15) is 0 Å². The van der Waals surface area contributed by atoms with Crippen LogP contribution in [-0.2, 0) is 4.79 Å². The Morgan fingerprint density at radius 1 is 1.08 bits per heavy atom. The minimum atomic E-state index is -0.177. The lowest BCUT2D eigenvalue weighted by Gasteiger charge is -2.00. The Morgan fingerprint density at radius 3 is 2.88 bits per heavy atom. The molecule has 0 spiro atoms. The number of carbonyl (C=O) groups is 1. The predicted octanol–water partition coefficient (Wildman–Crippen LogP) is 2.92. The summed E-state index contributed by atoms with van der Waals surface area (Å²) in [5, 5.41) is 3.30. The second kappa shape index (κ2) is 6.21. The number of rotatable bonds is 2. The van der Waals surface area contributed by atoms with E-state index in [1.807, 2.05) is 30.3 Å². The zero-order valence-corrected chi connectivity index (χ0v) is 13.2. The summed E-state index contributed by atoms with van der Waals surface area (Å²) in [7, 11) is 0. The molecule has 0 aliphatic carbocycles. The van der Waals surface area contributed by atoms with Crippen LogP contribution >= 0.6 is 11.8 Å². The molecule has 2 aromatic heterocycles. The highest BCUT2D eigenvalue weighted by molar-refractivity contribution is 8.18. The number of benzene rings is 1. The van der Waals surface area contributed by atoms with Crippen LogP contribution < -0.4 is 5.32 Å². The molecule has 0 unspecified atom stereocenters. The monoisotopic (exact) mass is 333 g/mol. The van der Waals surface area contributed by atoms with Crippen LogP contribution in [0.25, 0.3) is 17.1 Å². The molecule has 3 aromatic rings. The minimum absolute atomic E-state index is 0.177. The summed E-state index contributed by atoms with van der Waals surface area (Å²) in [4.78, 5) is 29.8. The summed E-state index contributed by atoms with van der Waals surface area (Å²) < 4.78 is 0. The van der Waals surface area contributed by atoms with Gasteiger partial charge in [0.2, 0.25) is 0 Å². The Labute approximate surface area is 141 Å². The van der Waals surface area contributed by atoms with Crippen LogP contribution in [0.1, 0.15) is 5.56 Å². The molecule has 0 bridgehead atoms. The zero-order valence-electron chi connectivity index (χ0n) is 12.4. The lowest BCUT2D eigenvalue weighted by Crippen LogP contribution is -2.19. The third kappa shape index (κ3) is 2.89. The second-order valence-electron chi connectivity index (χ2n) is 4.96. The molecule has 1 amide bonds. The van der Waals surface area contributed by atoms with Crippen molar-refractivity contribution in [2.45, 2.75) is 0 Å². The number of pyridine rings is 1. The fourth-order valence-electron chi connectivity index (χ4n) is 2.29. The summed E-state index contributed by atoms with van der Waals surface area (Å²) in [6, 6.07) is 9.32. The Bertz CT molecular complexity index is 979. The number of amides is 1. The third-order valence-corrected chi connectivity index (χ3v) is 4.25. The summed E-state index contributed by atoms with van der Waals surface area (Å²) >= 11 is 1.29. The molecule has 0 saturated carbocycles. The van der Waals surface area contributed by atoms with E-state index in [0.29, 0.717) is 15.8 Å². The van der Waals surface area contributed by atoms with Gasteiger partial charge in [0.15, 0.2) is 5.17 Å². The Hall–Kier alpha value is -3.06. The van der Waals surface area contributed by atoms with Crippen LogP contribution in [0, 0.1) is 0 Å². The first-order chi connectivity index (χ1) is 11.8. The molecule has 1 aromatic carbocycles. The first kappa shape index (κ1) is 14.5. The van der Waals surface area contributed by atoms with Crippen LogP contribution in [0.3, 0.4) is 0 Å². The van der Waals surface area contributed by atoms with Crippen molar-refractivity contribution in [3.63, 3.8) is 0 Å². The fraction of sp³-hybridized carbons (Fsp3) is 0. The number of amidine groups is 1. The van der Waals surface area contributed by atoms with Gasteiger partial charge in [-0.05, 0) is 36.0 Å². The number of hydrogen-bond donors (Lipinski definition) is 1. The topological polar surface area (TPSA) is 80.1 Å². The van der Waals surface area contributed by atoms with E-state index in [1.165, 1.54) is 11.8 Å². The number of aromatic nitrogens is 3. The van der Waals surface area contributed by atoms with E-state index in [-0.39, 0.29) is 5.91 Å². The predicted molar refractivity (Wildman–Crippen MR) is 94.6 cm³/mol. The van der Waals surface area contributed by atoms with Crippen LogP contribution in [0.15, 0.2) is 65.0 Å². The molecule has 1 aliphatic heterocycles. The number of para-hydroxylation sites is 1. The fourth-order valence-corrected chi connectivity index (χ4v) is 3.12. The third-order valence-electron chi connectivity index (χ3n) is 3.34. The highest BCUT2D eigenvalue weighted by Crippen LogP contribution is 2.29. The van der Waals surface area contributed by atoms with Crippen molar-refractivity contribution >= 4 is 45.6 Å². The summed E-state index contributed by atoms with van der Waals surface area (Å²) in [6.07, 6.45) is 8.41. The maximum atomic E-state index is 12.2. The molecular weight excluding hydrogens is 322 g/mol. The zero-order chi connectivity index (χ0) is 16.4. The van der Waals surface area contributed by atoms with Crippen molar-refractivity contribution in [2.75, 3.05) is 0 Å². The highest BCUT2D eigenvalue weighted by atomic mass is 32.2. The maximum Gasteiger partial charge on any atom is 0.264 e. The quantitative estimate of drug-likeness (QED) is 0.729. The number of nitrogens with zero attached hydrogens (tertiary/aromatic N) is 4. The van der Waals surface area contributed by atoms with Crippen molar-refractivity contribution in [1.82, 2.24) is 20.3 Å². The minimum Gasteiger partial charge on any atom is -0.300 e. The summed E-state index contributed by atoms with van der Waals surface area (Å²) in [5.74, 6) is -0.177. The van der Waals surface area contributed by atoms with Gasteiger partial charge in [-0.3, -0.25) is 19.7 Å². The molecule has 1 N–H and O–H groups in total. The van der Waals surface area contributed by atoms with E-state index >= 15 is 0 Å². The van der Waals surface area contributed by atoms with E-state index in [2.05, 4.69) is 25.3 Å². The molecule has 6 nitrogen and oxygen atoms in total. The number of nitrogens with one attached hydrogen (secondary N) is 1. The molecule has 1 aliphatic rings. The van der Waals surface area contributed by atoms with E-state index < -0.39 is 0 Å². The van der Waals surface area contributed by atoms with Crippen molar-refractivity contribution in [2.24, 2.45) is 4.99 Å². The molecule has 0 atom stereocenters. The number of carbonyl (C=O) groups excluding carboxylic acids is 1. The van der Waals surface area contributed by atoms with Gasteiger partial charge in [-0.2, -0.15) is 0 Å². The molecule has 1 fully saturated rings. The standard InChI is InChI=1S/C17H11N5OS/c23-16-14(24-17(22-16)21-12-4-2-6-18-10-12)9-11-3-1-5-13-15(11)20-8-7-19-13/h1-10H,(H,21,22,23)/b14-9-. The van der Waals surface area contributed by atoms with Gasteiger partial charge < -0.3 is 5.32 Å². The van der Waals surface area contributed by atoms with E-state index in [9.17, 15) is 4.79 Å². The van der Waals surface area contributed by atoms with Gasteiger partial charge in [-0.15, -0.1) is 0 Å². The van der Waals surface area contributed by atoms with Crippen molar-refractivity contribution in [3.8, 4) is 0 Å². The normalized spacial score (nSPS) is 17.6. The molecule has 1 saturated heterocycles. The average molecular weight is 333 g/mol. The molecule has 116 valence electrons. The first-order valence-electron chi connectivity index (χ1n) is 7.19. The molecule has 4 rings (SSSR count). The van der Waals surface area contributed by atoms with Gasteiger partial charge in [-0.1, -0.05) is 12.1 Å². The van der Waals surface area contributed by atoms with Gasteiger partial charge in [-0.25, -0.2) is 4.99 Å². The van der Waals surface area contributed by atoms with E-state index in [1.54, 1.807) is 30.9 Å². The lowest BCUT2D eigenvalue weighted by atomic mass is 10.1. The molecule has 0 radical (unpaired) electrons. The Kier molecular flexibility index (Phi) is 3.76. The number of aliphatic imine (C=N–C) groups is 1. The van der Waals surface area contributed by atoms with Crippen molar-refractivity contribution in [3.05, 3.63) is 65.6 Å². The summed E-state index contributed by atoms with van der Waals surface area (Å²) in [6.45, 7) is 0. The van der Waals surface area contributed by atoms with Crippen molar-refractivity contribution < 1.29 is 4.79 Å². The van der Waals surface area contributed by atoms with E-state index in [0.717, 1.165) is 16.6 Å². The highest BCUT2D eigenvalue weighted by Gasteiger charge is 2.24. The molecule has 24 heavy (non-hydrogen) atoms. The number of hydrogen-bond acceptors (Lipinski definition) is 6. The molecule has 3 heterocycles. The SMILES string of the molecule is O=C1NC(=Nc2cccnc2)S/C1=C\c1cccc2nccnc12. The Balaban J connectivity index is 1.68. The van der Waals surface area contributed by atoms with Gasteiger partial charge >= 0.3 is 0 Å². The van der Waals surface area contributed by atoms with Gasteiger partial charge in [0.05, 0.1) is 27.8 Å². The lowest BCUT2D eigenvalue weighted by molar-refractivity contribution is -0.115. The molecule has 7 heteroatoms. The summed E-state index contributed by atoms with van der Waals surface area (Å²) in [5.41, 5.74) is 3.09. The van der Waals surface area contributed by atoms with Gasteiger partial charge in [0.25, 0.3) is 5.91 Å². The largest absolute Gasteiger partial charge is 0.300 e. The molecular formula is C17H11N5OS. The second-order valence-corrected chi connectivity index (χ2v) is 5.99. The van der Waals surface area contributed by atoms with E-state index in [4.69, 9.17) is 0 Å². The van der Waals surface area contributed by atoms with Gasteiger partial charge in [0, 0.05) is 24.2 Å². The first-order valence-corrected chi connectivity index (χ1v) is 8.00. The Morgan fingerprint density at radius 2 is 2.00 bits per heavy atom.